The molecule has 26 heteroatoms. The molecule has 3 N–H and O–H groups in total. The quantitative estimate of drug-likeness (QED) is 0.0367. The number of amides is 6. The van der Waals surface area contributed by atoms with E-state index in [0.29, 0.717) is 72.0 Å². The molecule has 0 radical (unpaired) electrons. The molecule has 0 bridgehead atoms. The van der Waals surface area contributed by atoms with Crippen molar-refractivity contribution in [1.82, 2.24) is 40.4 Å². The van der Waals surface area contributed by atoms with Gasteiger partial charge in [0.1, 0.15) is 18.1 Å². The fourth-order valence-corrected chi connectivity index (χ4v) is 15.3. The number of aliphatic hydroxyl groups excluding tert-OH is 1. The molecular weight excluding hydrogens is 1390 g/mol. The standard InChI is InChI=1S/C83H92N10O16/c1-48(2)62(37-59(95)43-84-73(97)27-25-58(94)26-29-75(98)90-44-55-14-9-10-15-60(55)76-77(93(49(3)4)88-87-76)61-16-11-12-17-65(61)90)78(99)86-50(5)68(96)34-51-18-20-52(21-19-51)46-109-82(103)92-66-40-72(70(105-7)39-64(66)80(101)91-47-83(30-31-83)41-67(91)81(92)102)108-33-13-32-107-71-36-53-22-24-57-35-56(54-23-28-74(106-8)85-42-54)45-89(57)79(100)63(53)38-69(71)104-6/h9-12,14-21,23,28,36,38-40,42,45,48-50,57,62,67,81,102H,13,22,24-27,29-35,37,41,43-44,46-47H2,1-8H3,(H,84,97)(H,86,99)/t50-,57+,62-,67-,81?/m0/s1. The molecule has 570 valence electrons. The number of nitrogens with one attached hydrogen (secondary N) is 2. The van der Waals surface area contributed by atoms with E-state index in [1.54, 1.807) is 85.2 Å². The monoisotopic (exact) mass is 1480 g/mol. The predicted molar refractivity (Wildman–Crippen MR) is 403 cm³/mol. The zero-order chi connectivity index (χ0) is 76.9. The van der Waals surface area contributed by atoms with Gasteiger partial charge in [0.25, 0.3) is 11.8 Å². The third-order valence-corrected chi connectivity index (χ3v) is 21.7. The number of nitrogens with zero attached hydrogens (tertiary/aromatic N) is 8. The number of aryl methyl sites for hydroxylation is 1. The summed E-state index contributed by atoms with van der Waals surface area (Å²) in [5, 5.41) is 26.6. The van der Waals surface area contributed by atoms with Crippen LogP contribution in [0.2, 0.25) is 0 Å². The van der Waals surface area contributed by atoms with Gasteiger partial charge in [-0.05, 0) is 134 Å². The van der Waals surface area contributed by atoms with Gasteiger partial charge < -0.3 is 58.9 Å². The molecule has 1 saturated carbocycles. The Kier molecular flexibility index (Phi) is 22.8. The minimum atomic E-state index is -1.48. The summed E-state index contributed by atoms with van der Waals surface area (Å²) in [5.41, 5.74) is 9.29. The molecule has 6 aliphatic rings. The number of para-hydroxylation sites is 1. The second-order valence-corrected chi connectivity index (χ2v) is 29.7. The molecule has 2 fully saturated rings. The number of methoxy groups -OCH3 is 3. The number of rotatable bonds is 29. The topological polar surface area (TPSA) is 310 Å². The molecule has 5 atom stereocenters. The summed E-state index contributed by atoms with van der Waals surface area (Å²) >= 11 is 0. The third-order valence-electron chi connectivity index (χ3n) is 21.7. The van der Waals surface area contributed by atoms with Crippen molar-refractivity contribution < 1.29 is 76.7 Å². The zero-order valence-corrected chi connectivity index (χ0v) is 62.7. The van der Waals surface area contributed by atoms with Crippen LogP contribution in [0.4, 0.5) is 16.2 Å². The van der Waals surface area contributed by atoms with E-state index in [-0.39, 0.29) is 147 Å². The van der Waals surface area contributed by atoms with Crippen LogP contribution in [0, 0.1) is 17.3 Å². The fourth-order valence-electron chi connectivity index (χ4n) is 15.3. The number of hydrogen-bond acceptors (Lipinski definition) is 19. The highest BCUT2D eigenvalue weighted by Gasteiger charge is 2.58. The van der Waals surface area contributed by atoms with Crippen molar-refractivity contribution in [3.8, 4) is 51.4 Å². The van der Waals surface area contributed by atoms with Crippen molar-refractivity contribution in [3.05, 3.63) is 161 Å². The van der Waals surface area contributed by atoms with Crippen LogP contribution < -0.4 is 44.1 Å². The lowest BCUT2D eigenvalue weighted by Crippen LogP contribution is -2.50. The minimum Gasteiger partial charge on any atom is -0.493 e. The normalized spacial score (nSPS) is 17.7. The number of Topliss-reactive ketones (excluding diaryl/α,β-unsaturated/α-hetero) is 3. The first-order valence-corrected chi connectivity index (χ1v) is 37.3. The Morgan fingerprint density at radius 3 is 2.10 bits per heavy atom. The van der Waals surface area contributed by atoms with E-state index < -0.39 is 47.9 Å². The van der Waals surface area contributed by atoms with E-state index in [1.165, 1.54) is 26.4 Å². The molecule has 7 aromatic rings. The van der Waals surface area contributed by atoms with Crippen LogP contribution in [0.1, 0.15) is 160 Å². The van der Waals surface area contributed by atoms with Gasteiger partial charge in [0, 0.05) is 111 Å². The number of aliphatic hydroxyl groups is 1. The largest absolute Gasteiger partial charge is 0.493 e. The highest BCUT2D eigenvalue weighted by molar-refractivity contribution is 6.07. The first-order valence-electron chi connectivity index (χ1n) is 37.3. The summed E-state index contributed by atoms with van der Waals surface area (Å²) in [6, 6.07) is 30.8. The minimum absolute atomic E-state index is 0.0154. The summed E-state index contributed by atoms with van der Waals surface area (Å²) in [6.07, 6.45) is 5.20. The van der Waals surface area contributed by atoms with Crippen LogP contribution in [0.5, 0.6) is 28.9 Å². The van der Waals surface area contributed by atoms with Crippen LogP contribution in [0.3, 0.4) is 0 Å². The Labute approximate surface area is 632 Å². The van der Waals surface area contributed by atoms with Gasteiger partial charge in [-0.1, -0.05) is 85.8 Å². The first-order chi connectivity index (χ1) is 52.5. The molecule has 1 spiro atoms. The summed E-state index contributed by atoms with van der Waals surface area (Å²) in [6.45, 7) is 9.53. The number of benzene rings is 5. The molecule has 109 heavy (non-hydrogen) atoms. The predicted octanol–water partition coefficient (Wildman–Crippen LogP) is 10.8. The average Bonchev–Trinajstić information content (AvgIpc) is 1.58. The molecule has 13 rings (SSSR count). The molecular formula is C83H92N10O16. The Morgan fingerprint density at radius 1 is 0.706 bits per heavy atom. The van der Waals surface area contributed by atoms with Crippen molar-refractivity contribution >= 4 is 69.9 Å². The highest BCUT2D eigenvalue weighted by atomic mass is 16.6. The van der Waals surface area contributed by atoms with E-state index in [1.807, 2.05) is 85.4 Å². The van der Waals surface area contributed by atoms with Gasteiger partial charge in [-0.3, -0.25) is 38.4 Å². The maximum atomic E-state index is 14.5. The molecule has 2 aromatic heterocycles. The molecule has 26 nitrogen and oxygen atoms in total. The lowest BCUT2D eigenvalue weighted by molar-refractivity contribution is -0.133. The molecule has 7 heterocycles. The number of aromatic nitrogens is 4. The fraction of sp³-hybridized carbons (Fsp3) is 0.422. The summed E-state index contributed by atoms with van der Waals surface area (Å²) in [5.74, 6) is -2.10. The van der Waals surface area contributed by atoms with Gasteiger partial charge in [0.05, 0.1) is 82.3 Å². The number of ether oxygens (including phenoxy) is 6. The van der Waals surface area contributed by atoms with Crippen molar-refractivity contribution in [3.63, 3.8) is 0 Å². The highest BCUT2D eigenvalue weighted by Crippen LogP contribution is 2.57. The summed E-state index contributed by atoms with van der Waals surface area (Å²) in [7, 11) is 4.54. The van der Waals surface area contributed by atoms with Crippen LogP contribution in [0.15, 0.2) is 122 Å². The second-order valence-electron chi connectivity index (χ2n) is 29.7. The molecule has 5 aliphatic heterocycles. The first kappa shape index (κ1) is 75.9. The van der Waals surface area contributed by atoms with Crippen molar-refractivity contribution in [2.24, 2.45) is 17.3 Å². The molecule has 6 amide bonds. The van der Waals surface area contributed by atoms with Crippen LogP contribution in [-0.4, -0.2) is 160 Å². The molecule has 1 aliphatic carbocycles. The number of pyridine rings is 1. The Bertz CT molecular complexity index is 4700. The van der Waals surface area contributed by atoms with E-state index in [9.17, 15) is 48.3 Å². The second kappa shape index (κ2) is 32.7. The summed E-state index contributed by atoms with van der Waals surface area (Å²) < 4.78 is 37.1. The van der Waals surface area contributed by atoms with Gasteiger partial charge in [0.15, 0.2) is 40.8 Å². The van der Waals surface area contributed by atoms with Crippen LogP contribution in [0.25, 0.3) is 28.1 Å². The molecule has 1 saturated heterocycles. The molecule has 5 aromatic carbocycles. The number of carbonyl (C=O) groups is 9. The number of carbonyl (C=O) groups excluding carboxylic acids is 9. The average molecular weight is 1490 g/mol. The Hall–Kier alpha value is -11.3. The number of ketones is 3. The van der Waals surface area contributed by atoms with E-state index >= 15 is 0 Å². The lowest BCUT2D eigenvalue weighted by atomic mass is 9.89. The Balaban J connectivity index is 0.569. The van der Waals surface area contributed by atoms with E-state index in [0.717, 1.165) is 68.9 Å². The zero-order valence-electron chi connectivity index (χ0n) is 62.7. The lowest BCUT2D eigenvalue weighted by Gasteiger charge is -2.31. The SMILES string of the molecule is COc1ccc(C2=CN3C(=O)c4cc(OC)c(OCCCOc5cc6c(cc5OC)C(=O)N5CC7(CC7)C[C@H]5C(O)N6C(=O)OCc5ccc(CC(=O)[C@H](C)NC(=O)[C@@H](CC(=O)CNC(=O)CCC(=O)CCC(=O)N6Cc7ccccc7-c7nnn(C(C)C)c7-c7ccccc76)C(C)C)cc5)cc4CC[C@@H]3C2)cn1. The van der Waals surface area contributed by atoms with E-state index in [2.05, 4.69) is 25.9 Å². The number of hydrogen-bond donors (Lipinski definition) is 3. The smallest absolute Gasteiger partial charge is 0.416 e. The van der Waals surface area contributed by atoms with Crippen molar-refractivity contribution in [2.45, 2.75) is 162 Å². The van der Waals surface area contributed by atoms with Crippen LogP contribution in [-0.2, 0) is 59.5 Å². The van der Waals surface area contributed by atoms with Crippen molar-refractivity contribution in [2.75, 3.05) is 57.4 Å². The number of anilines is 2. The summed E-state index contributed by atoms with van der Waals surface area (Å²) in [4.78, 5) is 135. The van der Waals surface area contributed by atoms with Gasteiger partial charge in [-0.2, -0.15) is 0 Å². The van der Waals surface area contributed by atoms with Crippen LogP contribution >= 0.6 is 0 Å². The maximum absolute atomic E-state index is 14.5. The van der Waals surface area contributed by atoms with Crippen molar-refractivity contribution in [1.29, 1.82) is 0 Å². The van der Waals surface area contributed by atoms with Gasteiger partial charge in [-0.25, -0.2) is 19.4 Å². The van der Waals surface area contributed by atoms with Gasteiger partial charge >= 0.3 is 6.09 Å². The van der Waals surface area contributed by atoms with Gasteiger partial charge in [0.2, 0.25) is 23.6 Å². The maximum Gasteiger partial charge on any atom is 0.416 e. The van der Waals surface area contributed by atoms with Gasteiger partial charge in [-0.15, -0.1) is 5.10 Å². The molecule has 1 unspecified atom stereocenters. The third kappa shape index (κ3) is 16.4. The van der Waals surface area contributed by atoms with E-state index in [4.69, 9.17) is 28.4 Å². The number of fused-ring (bicyclic) bond motifs is 9. The Morgan fingerprint density at radius 2 is 1.40 bits per heavy atom.